The Kier molecular flexibility index (Phi) is 4.89. The van der Waals surface area contributed by atoms with E-state index in [0.29, 0.717) is 19.0 Å². The zero-order valence-corrected chi connectivity index (χ0v) is 12.6. The zero-order chi connectivity index (χ0) is 15.4. The molecule has 0 aromatic carbocycles. The maximum atomic E-state index is 11.4. The molecule has 1 aliphatic heterocycles. The molecular weight excluding hydrogens is 274 g/mol. The topological polar surface area (TPSA) is 93.4 Å². The van der Waals surface area contributed by atoms with Gasteiger partial charge in [-0.05, 0) is 19.8 Å². The molecule has 1 fully saturated rings. The van der Waals surface area contributed by atoms with Gasteiger partial charge in [-0.2, -0.15) is 0 Å². The van der Waals surface area contributed by atoms with Crippen molar-refractivity contribution >= 4 is 17.3 Å². The second-order valence-electron chi connectivity index (χ2n) is 5.12. The Morgan fingerprint density at radius 1 is 1.57 bits per heavy atom. The second-order valence-corrected chi connectivity index (χ2v) is 5.12. The van der Waals surface area contributed by atoms with E-state index in [1.807, 2.05) is 25.8 Å². The van der Waals surface area contributed by atoms with Crippen molar-refractivity contribution < 1.29 is 9.66 Å². The van der Waals surface area contributed by atoms with Gasteiger partial charge in [0.05, 0.1) is 17.1 Å². The molecule has 21 heavy (non-hydrogen) atoms. The minimum absolute atomic E-state index is 0.0246. The van der Waals surface area contributed by atoms with Crippen LogP contribution in [0.3, 0.4) is 0 Å². The number of nitrogens with zero attached hydrogens (tertiary/aromatic N) is 4. The Labute approximate surface area is 123 Å². The Morgan fingerprint density at radius 2 is 2.33 bits per heavy atom. The summed E-state index contributed by atoms with van der Waals surface area (Å²) >= 11 is 0. The number of hydrogen-bond acceptors (Lipinski definition) is 7. The van der Waals surface area contributed by atoms with E-state index < -0.39 is 4.92 Å². The molecule has 0 saturated carbocycles. The monoisotopic (exact) mass is 295 g/mol. The van der Waals surface area contributed by atoms with Gasteiger partial charge in [-0.25, -0.2) is 9.97 Å². The highest BCUT2D eigenvalue weighted by molar-refractivity contribution is 5.70. The van der Waals surface area contributed by atoms with Gasteiger partial charge < -0.3 is 15.0 Å². The molecule has 1 aromatic heterocycles. The SMILES string of the molecule is CCCNc1ncnc(N(C)C2CCOC2C)c1[N+](=O)[O-]. The molecule has 0 spiro atoms. The number of aromatic nitrogens is 2. The second kappa shape index (κ2) is 6.66. The van der Waals surface area contributed by atoms with E-state index >= 15 is 0 Å². The van der Waals surface area contributed by atoms with Crippen molar-refractivity contribution in [3.63, 3.8) is 0 Å². The summed E-state index contributed by atoms with van der Waals surface area (Å²) in [5, 5.41) is 14.4. The van der Waals surface area contributed by atoms with Crippen LogP contribution in [-0.2, 0) is 4.74 Å². The molecule has 2 unspecified atom stereocenters. The fourth-order valence-corrected chi connectivity index (χ4v) is 2.55. The zero-order valence-electron chi connectivity index (χ0n) is 12.6. The number of ether oxygens (including phenoxy) is 1. The summed E-state index contributed by atoms with van der Waals surface area (Å²) in [6.07, 6.45) is 3.07. The quantitative estimate of drug-likeness (QED) is 0.632. The predicted molar refractivity (Wildman–Crippen MR) is 79.7 cm³/mol. The fraction of sp³-hybridized carbons (Fsp3) is 0.692. The summed E-state index contributed by atoms with van der Waals surface area (Å²) in [5.41, 5.74) is -0.0763. The largest absolute Gasteiger partial charge is 0.376 e. The maximum Gasteiger partial charge on any atom is 0.353 e. The Balaban J connectivity index is 2.35. The molecule has 0 aliphatic carbocycles. The molecule has 1 aliphatic rings. The minimum Gasteiger partial charge on any atom is -0.376 e. The van der Waals surface area contributed by atoms with Crippen LogP contribution in [0.25, 0.3) is 0 Å². The van der Waals surface area contributed by atoms with E-state index in [2.05, 4.69) is 15.3 Å². The third-order valence-electron chi connectivity index (χ3n) is 3.70. The maximum absolute atomic E-state index is 11.4. The number of likely N-dealkylation sites (N-methyl/N-ethyl adjacent to an activating group) is 1. The van der Waals surface area contributed by atoms with Crippen LogP contribution in [0.15, 0.2) is 6.33 Å². The summed E-state index contributed by atoms with van der Waals surface area (Å²) in [6, 6.07) is 0.0811. The Morgan fingerprint density at radius 3 is 2.90 bits per heavy atom. The van der Waals surface area contributed by atoms with Gasteiger partial charge in [0.25, 0.3) is 0 Å². The van der Waals surface area contributed by atoms with Gasteiger partial charge in [-0.1, -0.05) is 6.92 Å². The van der Waals surface area contributed by atoms with Crippen LogP contribution in [0, 0.1) is 10.1 Å². The van der Waals surface area contributed by atoms with Crippen molar-refractivity contribution in [2.75, 3.05) is 30.4 Å². The molecule has 0 amide bonds. The summed E-state index contributed by atoms with van der Waals surface area (Å²) in [7, 11) is 1.81. The molecular formula is C13H21N5O3. The lowest BCUT2D eigenvalue weighted by Crippen LogP contribution is -2.37. The summed E-state index contributed by atoms with van der Waals surface area (Å²) in [6.45, 7) is 5.25. The van der Waals surface area contributed by atoms with Crippen LogP contribution in [-0.4, -0.2) is 47.2 Å². The number of hydrogen-bond donors (Lipinski definition) is 1. The van der Waals surface area contributed by atoms with Crippen molar-refractivity contribution in [3.05, 3.63) is 16.4 Å². The molecule has 0 radical (unpaired) electrons. The van der Waals surface area contributed by atoms with E-state index in [1.54, 1.807) is 0 Å². The molecule has 2 atom stereocenters. The number of nitrogens with one attached hydrogen (secondary N) is 1. The summed E-state index contributed by atoms with van der Waals surface area (Å²) in [4.78, 5) is 21.0. The van der Waals surface area contributed by atoms with Crippen molar-refractivity contribution in [1.29, 1.82) is 0 Å². The highest BCUT2D eigenvalue weighted by Gasteiger charge is 2.34. The average molecular weight is 295 g/mol. The lowest BCUT2D eigenvalue weighted by molar-refractivity contribution is -0.383. The van der Waals surface area contributed by atoms with Gasteiger partial charge in [0.1, 0.15) is 6.33 Å². The Bertz CT molecular complexity index is 511. The molecule has 2 heterocycles. The van der Waals surface area contributed by atoms with Crippen molar-refractivity contribution in [2.45, 2.75) is 38.8 Å². The van der Waals surface area contributed by atoms with Crippen molar-refractivity contribution in [1.82, 2.24) is 9.97 Å². The third-order valence-corrected chi connectivity index (χ3v) is 3.70. The van der Waals surface area contributed by atoms with Gasteiger partial charge >= 0.3 is 5.69 Å². The molecule has 8 nitrogen and oxygen atoms in total. The van der Waals surface area contributed by atoms with E-state index in [9.17, 15) is 10.1 Å². The minimum atomic E-state index is -0.426. The molecule has 8 heteroatoms. The van der Waals surface area contributed by atoms with Crippen molar-refractivity contribution in [2.24, 2.45) is 0 Å². The predicted octanol–water partition coefficient (Wildman–Crippen LogP) is 1.82. The first-order chi connectivity index (χ1) is 10.1. The van der Waals surface area contributed by atoms with E-state index in [-0.39, 0.29) is 23.7 Å². The van der Waals surface area contributed by atoms with E-state index in [0.717, 1.165) is 12.8 Å². The lowest BCUT2D eigenvalue weighted by atomic mass is 10.1. The molecule has 2 rings (SSSR count). The van der Waals surface area contributed by atoms with Gasteiger partial charge in [0, 0.05) is 20.2 Å². The first kappa shape index (κ1) is 15.4. The smallest absolute Gasteiger partial charge is 0.353 e. The molecule has 1 saturated heterocycles. The average Bonchev–Trinajstić information content (AvgIpc) is 2.89. The number of anilines is 2. The van der Waals surface area contributed by atoms with Gasteiger partial charge in [-0.3, -0.25) is 10.1 Å². The number of rotatable bonds is 6. The van der Waals surface area contributed by atoms with E-state index in [1.165, 1.54) is 6.33 Å². The van der Waals surface area contributed by atoms with E-state index in [4.69, 9.17) is 4.74 Å². The van der Waals surface area contributed by atoms with Crippen LogP contribution in [0.5, 0.6) is 0 Å². The van der Waals surface area contributed by atoms with Gasteiger partial charge in [0.2, 0.25) is 11.6 Å². The first-order valence-corrected chi connectivity index (χ1v) is 7.14. The number of nitro groups is 1. The molecule has 1 aromatic rings. The van der Waals surface area contributed by atoms with Crippen molar-refractivity contribution in [3.8, 4) is 0 Å². The Hall–Kier alpha value is -1.96. The van der Waals surface area contributed by atoms with Gasteiger partial charge in [-0.15, -0.1) is 0 Å². The molecule has 0 bridgehead atoms. The van der Waals surface area contributed by atoms with Crippen LogP contribution in [0.1, 0.15) is 26.7 Å². The van der Waals surface area contributed by atoms with Crippen LogP contribution < -0.4 is 10.2 Å². The normalized spacial score (nSPS) is 21.3. The van der Waals surface area contributed by atoms with Crippen LogP contribution in [0.2, 0.25) is 0 Å². The van der Waals surface area contributed by atoms with Crippen LogP contribution >= 0.6 is 0 Å². The fourth-order valence-electron chi connectivity index (χ4n) is 2.55. The highest BCUT2D eigenvalue weighted by Crippen LogP contribution is 2.34. The standard InChI is InChI=1S/C13H21N5O3/c1-4-6-14-12-11(18(19)20)13(16-8-15-12)17(3)10-5-7-21-9(10)2/h8-10H,4-7H2,1-3H3,(H,14,15,16). The lowest BCUT2D eigenvalue weighted by Gasteiger charge is -2.27. The highest BCUT2D eigenvalue weighted by atomic mass is 16.6. The van der Waals surface area contributed by atoms with Crippen LogP contribution in [0.4, 0.5) is 17.3 Å². The van der Waals surface area contributed by atoms with Gasteiger partial charge in [0.15, 0.2) is 0 Å². The molecule has 116 valence electrons. The summed E-state index contributed by atoms with van der Waals surface area (Å²) in [5.74, 6) is 0.598. The third kappa shape index (κ3) is 3.21. The summed E-state index contributed by atoms with van der Waals surface area (Å²) < 4.78 is 5.53. The molecule has 1 N–H and O–H groups in total. The first-order valence-electron chi connectivity index (χ1n) is 7.14.